The van der Waals surface area contributed by atoms with Crippen molar-refractivity contribution in [3.8, 4) is 0 Å². The first-order chi connectivity index (χ1) is 9.01. The van der Waals surface area contributed by atoms with Crippen molar-refractivity contribution >= 4 is 5.91 Å². The van der Waals surface area contributed by atoms with Gasteiger partial charge in [-0.15, -0.1) is 0 Å². The normalized spacial score (nSPS) is 12.3. The van der Waals surface area contributed by atoms with Gasteiger partial charge in [-0.25, -0.2) is 4.68 Å². The smallest absolute Gasteiger partial charge is 0.354 e. The Labute approximate surface area is 113 Å². The average Bonchev–Trinajstić information content (AvgIpc) is 2.28. The number of carbonyl (C=O) groups is 1. The van der Waals surface area contributed by atoms with E-state index in [1.54, 1.807) is 20.8 Å². The van der Waals surface area contributed by atoms with Crippen molar-refractivity contribution in [1.29, 1.82) is 0 Å². The molecule has 0 aliphatic carbocycles. The lowest BCUT2D eigenvalue weighted by atomic mass is 9.96. The highest BCUT2D eigenvalue weighted by atomic mass is 19.4. The van der Waals surface area contributed by atoms with E-state index >= 15 is 0 Å². The molecule has 0 aromatic carbocycles. The SMILES string of the molecule is CC(C)(C)C(=O)NCCn1nc(C(F)(F)F)ccc1=O. The molecule has 0 saturated heterocycles. The van der Waals surface area contributed by atoms with Crippen LogP contribution in [0.1, 0.15) is 26.5 Å². The van der Waals surface area contributed by atoms with E-state index in [1.165, 1.54) is 0 Å². The lowest BCUT2D eigenvalue weighted by molar-refractivity contribution is -0.142. The van der Waals surface area contributed by atoms with E-state index in [2.05, 4.69) is 10.4 Å². The van der Waals surface area contributed by atoms with Gasteiger partial charge in [0.2, 0.25) is 5.91 Å². The molecule has 1 aromatic heterocycles. The number of amides is 1. The van der Waals surface area contributed by atoms with Crippen molar-refractivity contribution in [1.82, 2.24) is 15.1 Å². The summed E-state index contributed by atoms with van der Waals surface area (Å²) in [7, 11) is 0. The third kappa shape index (κ3) is 4.36. The van der Waals surface area contributed by atoms with Gasteiger partial charge in [0.1, 0.15) is 0 Å². The van der Waals surface area contributed by atoms with Gasteiger partial charge in [0, 0.05) is 18.0 Å². The number of nitrogens with zero attached hydrogens (tertiary/aromatic N) is 2. The van der Waals surface area contributed by atoms with Crippen LogP contribution in [-0.2, 0) is 17.5 Å². The molecule has 1 N–H and O–H groups in total. The second-order valence-corrected chi connectivity index (χ2v) is 5.28. The van der Waals surface area contributed by atoms with Gasteiger partial charge >= 0.3 is 6.18 Å². The lowest BCUT2D eigenvalue weighted by Gasteiger charge is -2.17. The molecule has 1 rings (SSSR count). The summed E-state index contributed by atoms with van der Waals surface area (Å²) in [6.07, 6.45) is -4.61. The Morgan fingerprint density at radius 2 is 1.90 bits per heavy atom. The molecule has 1 heterocycles. The number of alkyl halides is 3. The van der Waals surface area contributed by atoms with E-state index in [9.17, 15) is 22.8 Å². The average molecular weight is 291 g/mol. The minimum atomic E-state index is -4.61. The van der Waals surface area contributed by atoms with E-state index < -0.39 is 22.8 Å². The predicted octanol–water partition coefficient (Wildman–Crippen LogP) is 1.42. The topological polar surface area (TPSA) is 64.0 Å². The van der Waals surface area contributed by atoms with Crippen LogP contribution in [0.3, 0.4) is 0 Å². The summed E-state index contributed by atoms with van der Waals surface area (Å²) >= 11 is 0. The van der Waals surface area contributed by atoms with E-state index in [4.69, 9.17) is 0 Å². The molecule has 0 aliphatic rings. The molecule has 0 aliphatic heterocycles. The van der Waals surface area contributed by atoms with E-state index in [1.807, 2.05) is 0 Å². The van der Waals surface area contributed by atoms with Gasteiger partial charge in [0.25, 0.3) is 5.56 Å². The van der Waals surface area contributed by atoms with Gasteiger partial charge in [0.05, 0.1) is 6.54 Å². The van der Waals surface area contributed by atoms with Gasteiger partial charge in [0.15, 0.2) is 5.69 Å². The van der Waals surface area contributed by atoms with Crippen molar-refractivity contribution in [3.05, 3.63) is 28.2 Å². The number of halogens is 3. The fourth-order valence-electron chi connectivity index (χ4n) is 1.30. The Balaban J connectivity index is 2.74. The van der Waals surface area contributed by atoms with Crippen molar-refractivity contribution < 1.29 is 18.0 Å². The Morgan fingerprint density at radius 3 is 2.40 bits per heavy atom. The van der Waals surface area contributed by atoms with Gasteiger partial charge in [-0.1, -0.05) is 20.8 Å². The molecule has 0 unspecified atom stereocenters. The van der Waals surface area contributed by atoms with Crippen molar-refractivity contribution in [2.45, 2.75) is 33.5 Å². The fraction of sp³-hybridized carbons (Fsp3) is 0.583. The number of hydrogen-bond donors (Lipinski definition) is 1. The minimum absolute atomic E-state index is 0.0321. The highest BCUT2D eigenvalue weighted by Crippen LogP contribution is 2.26. The van der Waals surface area contributed by atoms with Crippen LogP contribution in [0, 0.1) is 5.41 Å². The summed E-state index contributed by atoms with van der Waals surface area (Å²) in [5, 5.41) is 5.77. The second-order valence-electron chi connectivity index (χ2n) is 5.28. The largest absolute Gasteiger partial charge is 0.435 e. The van der Waals surface area contributed by atoms with Gasteiger partial charge in [-0.3, -0.25) is 9.59 Å². The number of nitrogens with one attached hydrogen (secondary N) is 1. The zero-order valence-corrected chi connectivity index (χ0v) is 11.4. The number of rotatable bonds is 3. The molecule has 5 nitrogen and oxygen atoms in total. The van der Waals surface area contributed by atoms with Crippen molar-refractivity contribution in [3.63, 3.8) is 0 Å². The molecule has 0 fully saturated rings. The lowest BCUT2D eigenvalue weighted by Crippen LogP contribution is -2.38. The summed E-state index contributed by atoms with van der Waals surface area (Å²) in [5.74, 6) is -0.252. The summed E-state index contributed by atoms with van der Waals surface area (Å²) in [5.41, 5.74) is -2.39. The number of aromatic nitrogens is 2. The van der Waals surface area contributed by atoms with Gasteiger partial charge < -0.3 is 5.32 Å². The first kappa shape index (κ1) is 16.2. The standard InChI is InChI=1S/C12H16F3N3O2/c1-11(2,3)10(20)16-6-7-18-9(19)5-4-8(17-18)12(13,14)15/h4-5H,6-7H2,1-3H3,(H,16,20). The van der Waals surface area contributed by atoms with Crippen molar-refractivity contribution in [2.24, 2.45) is 5.41 Å². The molecule has 0 atom stereocenters. The molecule has 0 spiro atoms. The maximum atomic E-state index is 12.5. The van der Waals surface area contributed by atoms with Crippen molar-refractivity contribution in [2.75, 3.05) is 6.54 Å². The molecule has 0 saturated carbocycles. The maximum absolute atomic E-state index is 12.5. The molecular formula is C12H16F3N3O2. The van der Waals surface area contributed by atoms with Crippen LogP contribution in [0.4, 0.5) is 13.2 Å². The zero-order chi connectivity index (χ0) is 15.6. The minimum Gasteiger partial charge on any atom is -0.354 e. The highest BCUT2D eigenvalue weighted by molar-refractivity contribution is 5.81. The quantitative estimate of drug-likeness (QED) is 0.916. The van der Waals surface area contributed by atoms with Crippen LogP contribution in [-0.4, -0.2) is 22.2 Å². The van der Waals surface area contributed by atoms with Crippen LogP contribution < -0.4 is 10.9 Å². The van der Waals surface area contributed by atoms with Crippen LogP contribution in [0.25, 0.3) is 0 Å². The summed E-state index contributed by atoms with van der Waals surface area (Å²) in [6, 6.07) is 1.44. The Morgan fingerprint density at radius 1 is 1.30 bits per heavy atom. The molecule has 0 radical (unpaired) electrons. The first-order valence-electron chi connectivity index (χ1n) is 5.95. The monoisotopic (exact) mass is 291 g/mol. The predicted molar refractivity (Wildman–Crippen MR) is 66.0 cm³/mol. The summed E-state index contributed by atoms with van der Waals surface area (Å²) in [6.45, 7) is 5.03. The third-order valence-corrected chi connectivity index (χ3v) is 2.45. The van der Waals surface area contributed by atoms with Crippen LogP contribution in [0.15, 0.2) is 16.9 Å². The maximum Gasteiger partial charge on any atom is 0.435 e. The number of carbonyl (C=O) groups excluding carboxylic acids is 1. The fourth-order valence-corrected chi connectivity index (χ4v) is 1.30. The second kappa shape index (κ2) is 5.64. The van der Waals surface area contributed by atoms with Gasteiger partial charge in [-0.05, 0) is 6.07 Å². The van der Waals surface area contributed by atoms with Crippen LogP contribution in [0.2, 0.25) is 0 Å². The molecule has 0 bridgehead atoms. The Hall–Kier alpha value is -1.86. The van der Waals surface area contributed by atoms with E-state index in [0.717, 1.165) is 6.07 Å². The molecule has 112 valence electrons. The first-order valence-corrected chi connectivity index (χ1v) is 5.95. The van der Waals surface area contributed by atoms with Crippen LogP contribution in [0.5, 0.6) is 0 Å². The van der Waals surface area contributed by atoms with E-state index in [-0.39, 0.29) is 19.0 Å². The van der Waals surface area contributed by atoms with Gasteiger partial charge in [-0.2, -0.15) is 18.3 Å². The molecule has 20 heavy (non-hydrogen) atoms. The molecule has 8 heteroatoms. The number of hydrogen-bond acceptors (Lipinski definition) is 3. The third-order valence-electron chi connectivity index (χ3n) is 2.45. The van der Waals surface area contributed by atoms with Crippen LogP contribution >= 0.6 is 0 Å². The molecule has 1 amide bonds. The Kier molecular flexibility index (Phi) is 4.57. The molecule has 1 aromatic rings. The Bertz CT molecular complexity index is 544. The highest BCUT2D eigenvalue weighted by Gasteiger charge is 2.33. The molecular weight excluding hydrogens is 275 g/mol. The summed E-state index contributed by atoms with van der Waals surface area (Å²) < 4.78 is 38.1. The zero-order valence-electron chi connectivity index (χ0n) is 11.4. The summed E-state index contributed by atoms with van der Waals surface area (Å²) in [4.78, 5) is 23.0. The van der Waals surface area contributed by atoms with E-state index in [0.29, 0.717) is 10.7 Å².